The van der Waals surface area contributed by atoms with Gasteiger partial charge in [0, 0.05) is 32.2 Å². The fourth-order valence-corrected chi connectivity index (χ4v) is 3.66. The molecule has 2 unspecified atom stereocenters. The molecule has 0 aliphatic carbocycles. The molecule has 5 heteroatoms. The first-order valence-electron chi connectivity index (χ1n) is 8.03. The first kappa shape index (κ1) is 14.6. The highest BCUT2D eigenvalue weighted by Crippen LogP contribution is 2.30. The van der Waals surface area contributed by atoms with Crippen molar-refractivity contribution in [2.24, 2.45) is 7.05 Å². The van der Waals surface area contributed by atoms with Gasteiger partial charge in [0.2, 0.25) is 0 Å². The van der Waals surface area contributed by atoms with Crippen LogP contribution in [0.15, 0.2) is 6.07 Å². The van der Waals surface area contributed by atoms with E-state index in [9.17, 15) is 4.79 Å². The minimum atomic E-state index is 0.100. The maximum absolute atomic E-state index is 12.8. The van der Waals surface area contributed by atoms with Crippen LogP contribution in [-0.2, 0) is 7.05 Å². The lowest BCUT2D eigenvalue weighted by Gasteiger charge is -2.35. The number of piperidine rings is 1. The molecule has 2 fully saturated rings. The summed E-state index contributed by atoms with van der Waals surface area (Å²) in [7, 11) is 3.80. The Balaban J connectivity index is 1.75. The molecule has 3 heterocycles. The number of hydrogen-bond donors (Lipinski definition) is 1. The van der Waals surface area contributed by atoms with E-state index in [1.54, 1.807) is 4.68 Å². The molecule has 2 atom stereocenters. The summed E-state index contributed by atoms with van der Waals surface area (Å²) >= 11 is 0. The number of carbonyl (C=O) groups is 1. The molecule has 0 saturated carbocycles. The van der Waals surface area contributed by atoms with Crippen LogP contribution >= 0.6 is 0 Å². The van der Waals surface area contributed by atoms with E-state index >= 15 is 0 Å². The van der Waals surface area contributed by atoms with Gasteiger partial charge in [-0.2, -0.15) is 5.10 Å². The molecular weight excluding hydrogens is 264 g/mol. The third-order valence-electron chi connectivity index (χ3n) is 5.03. The van der Waals surface area contributed by atoms with Crippen LogP contribution in [0.25, 0.3) is 0 Å². The molecule has 2 bridgehead atoms. The second kappa shape index (κ2) is 5.44. The van der Waals surface area contributed by atoms with Crippen LogP contribution in [-0.4, -0.2) is 45.8 Å². The molecule has 116 valence electrons. The zero-order valence-corrected chi connectivity index (χ0v) is 13.5. The molecule has 0 spiro atoms. The smallest absolute Gasteiger partial charge is 0.272 e. The third-order valence-corrected chi connectivity index (χ3v) is 5.03. The Kier molecular flexibility index (Phi) is 3.78. The highest BCUT2D eigenvalue weighted by molar-refractivity contribution is 5.92. The van der Waals surface area contributed by atoms with Crippen molar-refractivity contribution in [1.82, 2.24) is 20.0 Å². The fraction of sp³-hybridized carbons (Fsp3) is 0.750. The Morgan fingerprint density at radius 3 is 2.52 bits per heavy atom. The van der Waals surface area contributed by atoms with Gasteiger partial charge in [-0.1, -0.05) is 13.8 Å². The van der Waals surface area contributed by atoms with Crippen molar-refractivity contribution >= 4 is 5.91 Å². The number of amides is 1. The van der Waals surface area contributed by atoms with Gasteiger partial charge in [0.25, 0.3) is 5.91 Å². The molecule has 2 aliphatic rings. The van der Waals surface area contributed by atoms with E-state index in [4.69, 9.17) is 0 Å². The van der Waals surface area contributed by atoms with Crippen molar-refractivity contribution in [2.45, 2.75) is 63.6 Å². The van der Waals surface area contributed by atoms with E-state index in [0.717, 1.165) is 18.5 Å². The van der Waals surface area contributed by atoms with Gasteiger partial charge in [0.15, 0.2) is 0 Å². The molecule has 5 nitrogen and oxygen atoms in total. The van der Waals surface area contributed by atoms with E-state index < -0.39 is 0 Å². The Morgan fingerprint density at radius 2 is 2.00 bits per heavy atom. The predicted molar refractivity (Wildman–Crippen MR) is 82.4 cm³/mol. The molecule has 1 aromatic heterocycles. The highest BCUT2D eigenvalue weighted by atomic mass is 16.2. The highest BCUT2D eigenvalue weighted by Gasteiger charge is 2.37. The monoisotopic (exact) mass is 290 g/mol. The average Bonchev–Trinajstić information content (AvgIpc) is 3.00. The fourth-order valence-electron chi connectivity index (χ4n) is 3.66. The van der Waals surface area contributed by atoms with Crippen molar-refractivity contribution in [3.8, 4) is 0 Å². The molecule has 3 rings (SSSR count). The average molecular weight is 290 g/mol. The molecule has 2 aliphatic heterocycles. The van der Waals surface area contributed by atoms with Gasteiger partial charge in [-0.25, -0.2) is 0 Å². The molecular formula is C16H26N4O. The molecule has 1 amide bonds. The van der Waals surface area contributed by atoms with Crippen molar-refractivity contribution in [3.63, 3.8) is 0 Å². The lowest BCUT2D eigenvalue weighted by atomic mass is 9.98. The number of aromatic nitrogens is 2. The zero-order valence-electron chi connectivity index (χ0n) is 13.5. The standard InChI is InChI=1S/C16H26N4O/c1-10(2)14-9-15(20(4)18-14)16(21)19(3)13-7-11-5-6-12(8-13)17-11/h9-13,17H,5-8H2,1-4H3. The number of rotatable bonds is 3. The predicted octanol–water partition coefficient (Wildman–Crippen LogP) is 1.90. The summed E-state index contributed by atoms with van der Waals surface area (Å²) in [5.41, 5.74) is 1.69. The maximum Gasteiger partial charge on any atom is 0.272 e. The van der Waals surface area contributed by atoms with Crippen molar-refractivity contribution in [1.29, 1.82) is 0 Å². The van der Waals surface area contributed by atoms with Crippen LogP contribution in [0.1, 0.15) is 61.6 Å². The van der Waals surface area contributed by atoms with Crippen molar-refractivity contribution in [2.75, 3.05) is 7.05 Å². The first-order valence-corrected chi connectivity index (χ1v) is 8.03. The molecule has 0 radical (unpaired) electrons. The van der Waals surface area contributed by atoms with Gasteiger partial charge in [0.1, 0.15) is 5.69 Å². The number of nitrogens with one attached hydrogen (secondary N) is 1. The summed E-state index contributed by atoms with van der Waals surface area (Å²) in [6.07, 6.45) is 4.67. The summed E-state index contributed by atoms with van der Waals surface area (Å²) in [5.74, 6) is 0.445. The van der Waals surface area contributed by atoms with E-state index in [1.165, 1.54) is 12.8 Å². The van der Waals surface area contributed by atoms with Gasteiger partial charge in [-0.3, -0.25) is 9.48 Å². The number of carbonyl (C=O) groups excluding carboxylic acids is 1. The molecule has 0 aromatic carbocycles. The van der Waals surface area contributed by atoms with E-state index in [0.29, 0.717) is 29.7 Å². The van der Waals surface area contributed by atoms with Crippen LogP contribution in [0.3, 0.4) is 0 Å². The van der Waals surface area contributed by atoms with E-state index in [-0.39, 0.29) is 5.91 Å². The van der Waals surface area contributed by atoms with Gasteiger partial charge in [0.05, 0.1) is 5.69 Å². The maximum atomic E-state index is 12.8. The van der Waals surface area contributed by atoms with E-state index in [1.807, 2.05) is 25.1 Å². The SMILES string of the molecule is CC(C)c1cc(C(=O)N(C)C2CC3CCC(C2)N3)n(C)n1. The molecule has 1 aromatic rings. The first-order chi connectivity index (χ1) is 9.95. The zero-order chi connectivity index (χ0) is 15.1. The van der Waals surface area contributed by atoms with Crippen LogP contribution in [0, 0.1) is 0 Å². The number of aryl methyl sites for hydroxylation is 1. The largest absolute Gasteiger partial charge is 0.337 e. The second-order valence-electron chi connectivity index (χ2n) is 6.91. The molecule has 1 N–H and O–H groups in total. The van der Waals surface area contributed by atoms with Gasteiger partial charge >= 0.3 is 0 Å². The Bertz CT molecular complexity index is 524. The Morgan fingerprint density at radius 1 is 1.38 bits per heavy atom. The second-order valence-corrected chi connectivity index (χ2v) is 6.91. The Labute approximate surface area is 126 Å². The van der Waals surface area contributed by atoms with Crippen LogP contribution in [0.4, 0.5) is 0 Å². The number of fused-ring (bicyclic) bond motifs is 2. The van der Waals surface area contributed by atoms with Crippen LogP contribution < -0.4 is 5.32 Å². The van der Waals surface area contributed by atoms with Gasteiger partial charge in [-0.15, -0.1) is 0 Å². The van der Waals surface area contributed by atoms with Crippen LogP contribution in [0.5, 0.6) is 0 Å². The summed E-state index contributed by atoms with van der Waals surface area (Å²) in [6, 6.07) is 3.50. The summed E-state index contributed by atoms with van der Waals surface area (Å²) in [4.78, 5) is 14.7. The van der Waals surface area contributed by atoms with Gasteiger partial charge in [-0.05, 0) is 37.7 Å². The summed E-state index contributed by atoms with van der Waals surface area (Å²) in [5, 5.41) is 8.09. The summed E-state index contributed by atoms with van der Waals surface area (Å²) in [6.45, 7) is 4.20. The summed E-state index contributed by atoms with van der Waals surface area (Å²) < 4.78 is 1.73. The number of hydrogen-bond acceptors (Lipinski definition) is 3. The normalized spacial score (nSPS) is 28.1. The van der Waals surface area contributed by atoms with Crippen molar-refractivity contribution < 1.29 is 4.79 Å². The Hall–Kier alpha value is -1.36. The number of nitrogens with zero attached hydrogens (tertiary/aromatic N) is 3. The van der Waals surface area contributed by atoms with Crippen LogP contribution in [0.2, 0.25) is 0 Å². The molecule has 2 saturated heterocycles. The lowest BCUT2D eigenvalue weighted by Crippen LogP contribution is -2.49. The minimum Gasteiger partial charge on any atom is -0.337 e. The molecule has 21 heavy (non-hydrogen) atoms. The quantitative estimate of drug-likeness (QED) is 0.925. The van der Waals surface area contributed by atoms with Crippen molar-refractivity contribution in [3.05, 3.63) is 17.5 Å². The lowest BCUT2D eigenvalue weighted by molar-refractivity contribution is 0.0670. The van der Waals surface area contributed by atoms with E-state index in [2.05, 4.69) is 24.3 Å². The minimum absolute atomic E-state index is 0.100. The third kappa shape index (κ3) is 2.71. The topological polar surface area (TPSA) is 50.2 Å². The van der Waals surface area contributed by atoms with Gasteiger partial charge < -0.3 is 10.2 Å².